The van der Waals surface area contributed by atoms with Crippen molar-refractivity contribution in [1.29, 1.82) is 0 Å². The second-order valence-corrected chi connectivity index (χ2v) is 10.6. The molecule has 2 aromatic heterocycles. The molecular formula is C31H34N4O3. The van der Waals surface area contributed by atoms with Crippen LogP contribution in [0, 0.1) is 5.92 Å². The number of aromatic nitrogens is 2. The number of hydrogen-bond acceptors (Lipinski definition) is 5. The molecule has 0 aliphatic carbocycles. The average Bonchev–Trinajstić information content (AvgIpc) is 3.61. The minimum atomic E-state index is 0.0406. The number of nitrogens with zero attached hydrogens (tertiary/aromatic N) is 3. The van der Waals surface area contributed by atoms with Crippen LogP contribution in [0.15, 0.2) is 54.9 Å². The standard InChI is InChI=1S/C31H34N4O3/c1-34-10-8-23-12-24(14-29(37-3)28(23)18-34)25-13-26-27(16-33-30(26)32-15-25)21-4-6-22(7-5-21)31(36)35(2)17-20-9-11-38-19-20/h4-7,12-16,20H,8-11,17-19H2,1-3H3,(H,32,33)/t20-/m1/s1. The minimum Gasteiger partial charge on any atom is -0.496 e. The molecule has 1 fully saturated rings. The maximum Gasteiger partial charge on any atom is 0.253 e. The molecule has 7 heteroatoms. The van der Waals surface area contributed by atoms with E-state index in [1.807, 2.05) is 43.7 Å². The lowest BCUT2D eigenvalue weighted by atomic mass is 9.93. The van der Waals surface area contributed by atoms with Crippen molar-refractivity contribution in [3.63, 3.8) is 0 Å². The molecule has 1 amide bonds. The second kappa shape index (κ2) is 10.2. The summed E-state index contributed by atoms with van der Waals surface area (Å²) in [6.45, 7) is 4.20. The van der Waals surface area contributed by atoms with Crippen molar-refractivity contribution in [2.24, 2.45) is 5.92 Å². The summed E-state index contributed by atoms with van der Waals surface area (Å²) in [7, 11) is 5.76. The molecule has 0 bridgehead atoms. The van der Waals surface area contributed by atoms with Crippen LogP contribution < -0.4 is 4.74 Å². The normalized spacial score (nSPS) is 17.5. The Labute approximate surface area is 223 Å². The van der Waals surface area contributed by atoms with Gasteiger partial charge in [0.1, 0.15) is 11.4 Å². The molecule has 4 heterocycles. The summed E-state index contributed by atoms with van der Waals surface area (Å²) in [5.74, 6) is 1.40. The lowest BCUT2D eigenvalue weighted by Crippen LogP contribution is -2.32. The predicted octanol–water partition coefficient (Wildman–Crippen LogP) is 5.00. The molecule has 2 aromatic carbocycles. The van der Waals surface area contributed by atoms with Gasteiger partial charge >= 0.3 is 0 Å². The Balaban J connectivity index is 1.28. The topological polar surface area (TPSA) is 70.7 Å². The number of benzene rings is 2. The van der Waals surface area contributed by atoms with Crippen LogP contribution in [0.25, 0.3) is 33.3 Å². The Hall–Kier alpha value is -3.68. The molecule has 6 rings (SSSR count). The molecule has 0 radical (unpaired) electrons. The van der Waals surface area contributed by atoms with Crippen LogP contribution in [0.5, 0.6) is 5.75 Å². The van der Waals surface area contributed by atoms with Gasteiger partial charge in [0.15, 0.2) is 0 Å². The first-order valence-corrected chi connectivity index (χ1v) is 13.3. The summed E-state index contributed by atoms with van der Waals surface area (Å²) < 4.78 is 11.2. The van der Waals surface area contributed by atoms with Gasteiger partial charge in [-0.05, 0) is 60.8 Å². The quantitative estimate of drug-likeness (QED) is 0.395. The van der Waals surface area contributed by atoms with Gasteiger partial charge in [0, 0.05) is 79.2 Å². The van der Waals surface area contributed by atoms with Crippen molar-refractivity contribution in [3.05, 3.63) is 71.5 Å². The number of fused-ring (bicyclic) bond motifs is 2. The molecule has 0 saturated carbocycles. The van der Waals surface area contributed by atoms with Gasteiger partial charge in [-0.3, -0.25) is 4.79 Å². The van der Waals surface area contributed by atoms with Gasteiger partial charge in [-0.15, -0.1) is 0 Å². The second-order valence-electron chi connectivity index (χ2n) is 10.6. The Kier molecular flexibility index (Phi) is 6.64. The zero-order chi connectivity index (χ0) is 26.2. The number of ether oxygens (including phenoxy) is 2. The number of likely N-dealkylation sites (N-methyl/N-ethyl adjacent to an activating group) is 1. The van der Waals surface area contributed by atoms with Gasteiger partial charge in [0.25, 0.3) is 5.91 Å². The Morgan fingerprint density at radius 1 is 1.18 bits per heavy atom. The largest absolute Gasteiger partial charge is 0.496 e. The van der Waals surface area contributed by atoms with Crippen LogP contribution in [-0.2, 0) is 17.7 Å². The molecule has 1 atom stereocenters. The summed E-state index contributed by atoms with van der Waals surface area (Å²) in [6, 6.07) is 14.5. The van der Waals surface area contributed by atoms with Crippen LogP contribution in [0.3, 0.4) is 0 Å². The smallest absolute Gasteiger partial charge is 0.253 e. The first-order chi connectivity index (χ1) is 18.5. The van der Waals surface area contributed by atoms with Gasteiger partial charge < -0.3 is 24.3 Å². The SMILES string of the molecule is COc1cc(-c2cnc3[nH]cc(-c4ccc(C(=O)N(C)C[C@H]5CCOC5)cc4)c3c2)cc2c1CN(C)CC2. The van der Waals surface area contributed by atoms with Crippen molar-refractivity contribution in [2.45, 2.75) is 19.4 Å². The lowest BCUT2D eigenvalue weighted by molar-refractivity contribution is 0.0766. The zero-order valence-electron chi connectivity index (χ0n) is 22.3. The highest BCUT2D eigenvalue weighted by atomic mass is 16.5. The molecule has 1 saturated heterocycles. The fraction of sp³-hybridized carbons (Fsp3) is 0.355. The van der Waals surface area contributed by atoms with Gasteiger partial charge in [0.2, 0.25) is 0 Å². The van der Waals surface area contributed by atoms with Crippen molar-refractivity contribution in [1.82, 2.24) is 19.8 Å². The summed E-state index contributed by atoms with van der Waals surface area (Å²) in [6.07, 6.45) is 5.94. The van der Waals surface area contributed by atoms with E-state index in [0.29, 0.717) is 11.5 Å². The Bertz CT molecular complexity index is 1450. The third kappa shape index (κ3) is 4.68. The number of carbonyl (C=O) groups is 1. The maximum absolute atomic E-state index is 13.0. The number of amides is 1. The number of H-pyrrole nitrogens is 1. The molecule has 0 unspecified atom stereocenters. The number of pyridine rings is 1. The summed E-state index contributed by atoms with van der Waals surface area (Å²) in [5, 5.41) is 1.05. The number of nitrogens with one attached hydrogen (secondary N) is 1. The lowest BCUT2D eigenvalue weighted by Gasteiger charge is -2.27. The highest BCUT2D eigenvalue weighted by molar-refractivity contribution is 5.98. The van der Waals surface area contributed by atoms with Crippen molar-refractivity contribution >= 4 is 16.9 Å². The van der Waals surface area contributed by atoms with E-state index >= 15 is 0 Å². The Morgan fingerprint density at radius 2 is 2.03 bits per heavy atom. The van der Waals surface area contributed by atoms with Crippen LogP contribution in [0.4, 0.5) is 0 Å². The zero-order valence-corrected chi connectivity index (χ0v) is 22.3. The van der Waals surface area contributed by atoms with Crippen LogP contribution >= 0.6 is 0 Å². The number of hydrogen-bond donors (Lipinski definition) is 1. The van der Waals surface area contributed by atoms with Gasteiger partial charge in [-0.25, -0.2) is 4.98 Å². The minimum absolute atomic E-state index is 0.0406. The van der Waals surface area contributed by atoms with E-state index in [-0.39, 0.29) is 5.91 Å². The molecule has 7 nitrogen and oxygen atoms in total. The van der Waals surface area contributed by atoms with Crippen molar-refractivity contribution < 1.29 is 14.3 Å². The average molecular weight is 511 g/mol. The van der Waals surface area contributed by atoms with Gasteiger partial charge in [-0.2, -0.15) is 0 Å². The first-order valence-electron chi connectivity index (χ1n) is 13.3. The molecule has 1 N–H and O–H groups in total. The van der Waals surface area contributed by atoms with E-state index < -0.39 is 0 Å². The van der Waals surface area contributed by atoms with E-state index in [1.54, 1.807) is 12.0 Å². The first kappa shape index (κ1) is 24.6. The van der Waals surface area contributed by atoms with E-state index in [1.165, 1.54) is 11.1 Å². The number of rotatable bonds is 6. The highest BCUT2D eigenvalue weighted by Gasteiger charge is 2.22. The van der Waals surface area contributed by atoms with E-state index in [0.717, 1.165) is 84.7 Å². The number of methoxy groups -OCH3 is 1. The van der Waals surface area contributed by atoms with Crippen LogP contribution in [-0.4, -0.2) is 73.2 Å². The maximum atomic E-state index is 13.0. The molecule has 4 aromatic rings. The molecule has 2 aliphatic rings. The van der Waals surface area contributed by atoms with Crippen molar-refractivity contribution in [3.8, 4) is 28.0 Å². The molecular weight excluding hydrogens is 476 g/mol. The monoisotopic (exact) mass is 510 g/mol. The predicted molar refractivity (Wildman–Crippen MR) is 149 cm³/mol. The summed E-state index contributed by atoms with van der Waals surface area (Å²) in [5.41, 5.74) is 8.44. The molecule has 196 valence electrons. The number of carbonyl (C=O) groups excluding carboxylic acids is 1. The van der Waals surface area contributed by atoms with Crippen LogP contribution in [0.1, 0.15) is 27.9 Å². The van der Waals surface area contributed by atoms with E-state index in [4.69, 9.17) is 14.5 Å². The van der Waals surface area contributed by atoms with E-state index in [2.05, 4.69) is 35.1 Å². The molecule has 0 spiro atoms. The molecule has 38 heavy (non-hydrogen) atoms. The van der Waals surface area contributed by atoms with Crippen LogP contribution in [0.2, 0.25) is 0 Å². The van der Waals surface area contributed by atoms with E-state index in [9.17, 15) is 4.79 Å². The summed E-state index contributed by atoms with van der Waals surface area (Å²) >= 11 is 0. The van der Waals surface area contributed by atoms with Gasteiger partial charge in [0.05, 0.1) is 13.7 Å². The summed E-state index contributed by atoms with van der Waals surface area (Å²) in [4.78, 5) is 25.1. The third-order valence-corrected chi connectivity index (χ3v) is 7.92. The van der Waals surface area contributed by atoms with Gasteiger partial charge in [-0.1, -0.05) is 18.2 Å². The number of aromatic amines is 1. The molecule has 2 aliphatic heterocycles. The Morgan fingerprint density at radius 3 is 2.79 bits per heavy atom. The fourth-order valence-electron chi connectivity index (χ4n) is 5.73. The third-order valence-electron chi connectivity index (χ3n) is 7.92. The fourth-order valence-corrected chi connectivity index (χ4v) is 5.73. The van der Waals surface area contributed by atoms with Crippen molar-refractivity contribution in [2.75, 3.05) is 47.5 Å². The highest BCUT2D eigenvalue weighted by Crippen LogP contribution is 2.36.